The number of hydrogen-bond acceptors (Lipinski definition) is 11. The molecule has 1 amide bonds. The normalized spacial score (nSPS) is 15.5. The van der Waals surface area contributed by atoms with Crippen LogP contribution < -0.4 is 29.2 Å². The summed E-state index contributed by atoms with van der Waals surface area (Å²) in [5, 5.41) is 2.26. The number of fused-ring (bicyclic) bond motifs is 1. The first-order valence-corrected chi connectivity index (χ1v) is 18.5. The molecule has 17 heteroatoms. The molecule has 0 bridgehead atoms. The summed E-state index contributed by atoms with van der Waals surface area (Å²) in [7, 11) is 1.49. The first kappa shape index (κ1) is 39.0. The Balaban J connectivity index is 1.36. The quantitative estimate of drug-likeness (QED) is 0.143. The fourth-order valence-electron chi connectivity index (χ4n) is 6.19. The number of halogens is 3. The van der Waals surface area contributed by atoms with Crippen LogP contribution in [-0.4, -0.2) is 81.0 Å². The minimum absolute atomic E-state index is 0.0354. The van der Waals surface area contributed by atoms with E-state index in [9.17, 15) is 26.4 Å². The van der Waals surface area contributed by atoms with Gasteiger partial charge in [-0.15, -0.1) is 0 Å². The van der Waals surface area contributed by atoms with Crippen LogP contribution in [0.1, 0.15) is 35.0 Å². The number of ether oxygens (including phenoxy) is 4. The second-order valence-corrected chi connectivity index (χ2v) is 14.7. The van der Waals surface area contributed by atoms with E-state index in [1.165, 1.54) is 70.1 Å². The van der Waals surface area contributed by atoms with Crippen LogP contribution in [0.25, 0.3) is 11.0 Å². The van der Waals surface area contributed by atoms with Gasteiger partial charge in [-0.3, -0.25) is 4.79 Å². The molecule has 1 aliphatic rings. The maximum Gasteiger partial charge on any atom is 0.278 e. The highest BCUT2D eigenvalue weighted by Crippen LogP contribution is 2.36. The van der Waals surface area contributed by atoms with Crippen molar-refractivity contribution in [2.45, 2.75) is 37.4 Å². The molecule has 0 radical (unpaired) electrons. The molecule has 0 saturated carbocycles. The average Bonchev–Trinajstić information content (AvgIpc) is 3.18. The molecule has 290 valence electrons. The van der Waals surface area contributed by atoms with E-state index in [1.54, 1.807) is 41.3 Å². The Morgan fingerprint density at radius 2 is 1.51 bits per heavy atom. The van der Waals surface area contributed by atoms with Crippen molar-refractivity contribution in [1.82, 2.24) is 19.3 Å². The van der Waals surface area contributed by atoms with Gasteiger partial charge in [0.2, 0.25) is 0 Å². The number of nitrogens with one attached hydrogen (secondary N) is 1. The smallest absolute Gasteiger partial charge is 0.278 e. The second kappa shape index (κ2) is 16.0. The number of benzene rings is 3. The van der Waals surface area contributed by atoms with Crippen LogP contribution in [0.5, 0.6) is 23.0 Å². The van der Waals surface area contributed by atoms with Gasteiger partial charge in [-0.1, -0.05) is 19.1 Å². The molecule has 0 aliphatic carbocycles. The maximum absolute atomic E-state index is 14.5. The molecule has 1 N–H and O–H groups in total. The summed E-state index contributed by atoms with van der Waals surface area (Å²) in [6.45, 7) is 0.865. The number of anilines is 2. The number of aromatic nitrogens is 3. The summed E-state index contributed by atoms with van der Waals surface area (Å²) in [5.41, 5.74) is 1.16. The topological polar surface area (TPSA) is 145 Å². The van der Waals surface area contributed by atoms with Crippen LogP contribution in [-0.2, 0) is 23.1 Å². The molecule has 1 atom stereocenters. The van der Waals surface area contributed by atoms with Crippen molar-refractivity contribution in [3.8, 4) is 23.0 Å². The Labute approximate surface area is 316 Å². The lowest BCUT2D eigenvalue weighted by molar-refractivity contribution is -0.0652. The van der Waals surface area contributed by atoms with Crippen molar-refractivity contribution in [3.63, 3.8) is 0 Å². The Hall–Kier alpha value is -5.68. The molecule has 1 unspecified atom stereocenters. The van der Waals surface area contributed by atoms with Gasteiger partial charge < -0.3 is 29.2 Å². The predicted octanol–water partition coefficient (Wildman–Crippen LogP) is 6.32. The summed E-state index contributed by atoms with van der Waals surface area (Å²) < 4.78 is 95.0. The SMILES string of the molecule is COc1ccc(CN(Cc2ccc(OC)cc2OC)S(=O)(=O)c2cc(NC(=O)c3nc4cc(F)ccc4nc3N3CCC(F)(F)C(C)C3)ccn2)c(OC)c1. The minimum atomic E-state index is -4.43. The van der Waals surface area contributed by atoms with Crippen LogP contribution >= 0.6 is 0 Å². The number of hydrogen-bond donors (Lipinski definition) is 1. The highest BCUT2D eigenvalue weighted by atomic mass is 32.2. The highest BCUT2D eigenvalue weighted by molar-refractivity contribution is 7.89. The summed E-state index contributed by atoms with van der Waals surface area (Å²) in [5.74, 6) is -3.57. The second-order valence-electron chi connectivity index (χ2n) is 12.9. The number of methoxy groups -OCH3 is 4. The van der Waals surface area contributed by atoms with Crippen molar-refractivity contribution < 1.29 is 45.3 Å². The standard InChI is InChI=1S/C38H39F3N6O7S/c1-23-20-46(15-13-38(23,40)41)36-35(44-31-16-26(39)8-11-30(31)45-36)37(48)43-27-12-14-42-34(17-27)55(49,50)47(21-24-6-9-28(51-2)18-32(24)53-4)22-25-7-10-29(52-3)19-33(25)54-5/h6-12,14,16-19,23H,13,15,20-22H2,1-5H3,(H,42,43,48). The Morgan fingerprint density at radius 1 is 0.873 bits per heavy atom. The van der Waals surface area contributed by atoms with Crippen molar-refractivity contribution in [3.05, 3.63) is 95.6 Å². The van der Waals surface area contributed by atoms with Gasteiger partial charge in [0, 0.05) is 85.8 Å². The molecular formula is C38H39F3N6O7S. The maximum atomic E-state index is 14.5. The third-order valence-electron chi connectivity index (χ3n) is 9.33. The van der Waals surface area contributed by atoms with Crippen molar-refractivity contribution in [2.75, 3.05) is 51.7 Å². The van der Waals surface area contributed by atoms with E-state index in [-0.39, 0.29) is 54.4 Å². The number of sulfonamides is 1. The van der Waals surface area contributed by atoms with E-state index >= 15 is 0 Å². The molecule has 55 heavy (non-hydrogen) atoms. The van der Waals surface area contributed by atoms with E-state index in [1.807, 2.05) is 0 Å². The largest absolute Gasteiger partial charge is 0.497 e. The number of amides is 1. The number of rotatable bonds is 13. The average molecular weight is 781 g/mol. The van der Waals surface area contributed by atoms with E-state index < -0.39 is 45.0 Å². The lowest BCUT2D eigenvalue weighted by atomic mass is 9.95. The van der Waals surface area contributed by atoms with E-state index in [4.69, 9.17) is 18.9 Å². The third kappa shape index (κ3) is 8.37. The molecule has 1 fully saturated rings. The van der Waals surface area contributed by atoms with Gasteiger partial charge >= 0.3 is 0 Å². The summed E-state index contributed by atoms with van der Waals surface area (Å²) in [4.78, 5) is 28.6. The molecule has 3 heterocycles. The molecule has 6 rings (SSSR count). The lowest BCUT2D eigenvalue weighted by Crippen LogP contribution is -2.46. The molecule has 0 spiro atoms. The van der Waals surface area contributed by atoms with Crippen LogP contribution in [0.15, 0.2) is 78.0 Å². The number of piperidine rings is 1. The number of carbonyl (C=O) groups is 1. The Morgan fingerprint density at radius 3 is 2.09 bits per heavy atom. The monoisotopic (exact) mass is 780 g/mol. The zero-order valence-electron chi connectivity index (χ0n) is 30.7. The van der Waals surface area contributed by atoms with Crippen LogP contribution in [0.4, 0.5) is 24.7 Å². The molecule has 1 saturated heterocycles. The molecule has 3 aromatic carbocycles. The van der Waals surface area contributed by atoms with E-state index in [0.717, 1.165) is 6.07 Å². The summed E-state index contributed by atoms with van der Waals surface area (Å²) >= 11 is 0. The van der Waals surface area contributed by atoms with Gasteiger partial charge in [-0.25, -0.2) is 36.5 Å². The Kier molecular flexibility index (Phi) is 11.3. The van der Waals surface area contributed by atoms with Gasteiger partial charge in [0.1, 0.15) is 28.8 Å². The minimum Gasteiger partial charge on any atom is -0.497 e. The van der Waals surface area contributed by atoms with Gasteiger partial charge in [0.25, 0.3) is 21.9 Å². The number of alkyl halides is 2. The van der Waals surface area contributed by atoms with Gasteiger partial charge in [0.05, 0.1) is 39.5 Å². The van der Waals surface area contributed by atoms with Gasteiger partial charge in [-0.05, 0) is 30.3 Å². The fourth-order valence-corrected chi connectivity index (χ4v) is 7.54. The molecule has 1 aliphatic heterocycles. The van der Waals surface area contributed by atoms with E-state index in [2.05, 4.69) is 20.3 Å². The number of pyridine rings is 1. The molecular weight excluding hydrogens is 742 g/mol. The van der Waals surface area contributed by atoms with Crippen LogP contribution in [0.3, 0.4) is 0 Å². The molecule has 5 aromatic rings. The molecule has 13 nitrogen and oxygen atoms in total. The first-order chi connectivity index (χ1) is 26.3. The first-order valence-electron chi connectivity index (χ1n) is 17.1. The predicted molar refractivity (Wildman–Crippen MR) is 198 cm³/mol. The molecule has 2 aromatic heterocycles. The lowest BCUT2D eigenvalue weighted by Gasteiger charge is -2.37. The number of nitrogens with zero attached hydrogens (tertiary/aromatic N) is 5. The zero-order valence-corrected chi connectivity index (χ0v) is 31.5. The van der Waals surface area contributed by atoms with Crippen molar-refractivity contribution in [1.29, 1.82) is 0 Å². The van der Waals surface area contributed by atoms with E-state index in [0.29, 0.717) is 34.1 Å². The Bertz CT molecular complexity index is 2270. The van der Waals surface area contributed by atoms with Gasteiger partial charge in [-0.2, -0.15) is 4.31 Å². The van der Waals surface area contributed by atoms with Crippen molar-refractivity contribution in [2.24, 2.45) is 5.92 Å². The van der Waals surface area contributed by atoms with Crippen LogP contribution in [0.2, 0.25) is 0 Å². The summed E-state index contributed by atoms with van der Waals surface area (Å²) in [6.07, 6.45) is 0.755. The summed E-state index contributed by atoms with van der Waals surface area (Å²) in [6, 6.07) is 16.3. The zero-order chi connectivity index (χ0) is 39.5. The fraction of sp³-hybridized carbons (Fsp3) is 0.316. The van der Waals surface area contributed by atoms with Crippen LogP contribution in [0, 0.1) is 11.7 Å². The third-order valence-corrected chi connectivity index (χ3v) is 11.0. The van der Waals surface area contributed by atoms with Gasteiger partial charge in [0.15, 0.2) is 16.5 Å². The number of carbonyl (C=O) groups excluding carboxylic acids is 1. The highest BCUT2D eigenvalue weighted by Gasteiger charge is 2.42. The van der Waals surface area contributed by atoms with Crippen molar-refractivity contribution >= 4 is 38.5 Å².